The van der Waals surface area contributed by atoms with Crippen molar-refractivity contribution in [2.75, 3.05) is 6.61 Å². The smallest absolute Gasteiger partial charge is 0.266 e. The number of ether oxygens (including phenoxy) is 1. The molecular weight excluding hydrogens is 424 g/mol. The van der Waals surface area contributed by atoms with Gasteiger partial charge in [-0.3, -0.25) is 9.59 Å². The SMILES string of the molecule is O=C(CO)NCc1ccc(-c2c[nH]c(=O)c(Br)c2OCc2ccccc2)cc1. The lowest BCUT2D eigenvalue weighted by Crippen LogP contribution is -2.25. The molecule has 6 nitrogen and oxygen atoms in total. The average Bonchev–Trinajstić information content (AvgIpc) is 2.74. The van der Waals surface area contributed by atoms with Crippen molar-refractivity contribution < 1.29 is 14.6 Å². The van der Waals surface area contributed by atoms with Gasteiger partial charge in [0.2, 0.25) is 5.91 Å². The summed E-state index contributed by atoms with van der Waals surface area (Å²) in [6, 6.07) is 17.2. The third-order valence-electron chi connectivity index (χ3n) is 4.12. The van der Waals surface area contributed by atoms with Crippen molar-refractivity contribution in [3.63, 3.8) is 0 Å². The van der Waals surface area contributed by atoms with Gasteiger partial charge in [0.15, 0.2) is 0 Å². The molecule has 0 aliphatic heterocycles. The molecule has 144 valence electrons. The maximum atomic E-state index is 12.0. The van der Waals surface area contributed by atoms with E-state index in [2.05, 4.69) is 26.2 Å². The Morgan fingerprint density at radius 2 is 1.79 bits per heavy atom. The van der Waals surface area contributed by atoms with E-state index < -0.39 is 12.5 Å². The van der Waals surface area contributed by atoms with Crippen LogP contribution in [0.5, 0.6) is 5.75 Å². The fraction of sp³-hybridized carbons (Fsp3) is 0.143. The van der Waals surface area contributed by atoms with Crippen LogP contribution in [0.15, 0.2) is 70.1 Å². The standard InChI is InChI=1S/C21H19BrN2O4/c22-19-20(28-13-15-4-2-1-3-5-15)17(11-24-21(19)27)16-8-6-14(7-9-16)10-23-18(26)12-25/h1-9,11,25H,10,12-13H2,(H,23,26)(H,24,27). The Balaban J connectivity index is 1.84. The number of aromatic nitrogens is 1. The van der Waals surface area contributed by atoms with E-state index in [0.717, 1.165) is 22.3 Å². The van der Waals surface area contributed by atoms with Crippen LogP contribution in [0.4, 0.5) is 0 Å². The van der Waals surface area contributed by atoms with E-state index in [0.29, 0.717) is 23.4 Å². The van der Waals surface area contributed by atoms with Gasteiger partial charge in [0.25, 0.3) is 5.56 Å². The summed E-state index contributed by atoms with van der Waals surface area (Å²) in [5.74, 6) is 0.0409. The van der Waals surface area contributed by atoms with Crippen LogP contribution < -0.4 is 15.6 Å². The predicted octanol–water partition coefficient (Wildman–Crippen LogP) is 2.99. The molecule has 1 heterocycles. The van der Waals surface area contributed by atoms with Gasteiger partial charge in [-0.1, -0.05) is 54.6 Å². The first-order valence-electron chi connectivity index (χ1n) is 8.63. The third kappa shape index (κ3) is 4.88. The molecule has 0 aliphatic carbocycles. The van der Waals surface area contributed by atoms with Crippen molar-refractivity contribution >= 4 is 21.8 Å². The molecule has 0 radical (unpaired) electrons. The highest BCUT2D eigenvalue weighted by molar-refractivity contribution is 9.10. The number of aliphatic hydroxyl groups is 1. The number of nitrogens with one attached hydrogen (secondary N) is 2. The van der Waals surface area contributed by atoms with Crippen LogP contribution in [0.2, 0.25) is 0 Å². The van der Waals surface area contributed by atoms with E-state index in [9.17, 15) is 9.59 Å². The summed E-state index contributed by atoms with van der Waals surface area (Å²) in [5.41, 5.74) is 3.22. The second kappa shape index (κ2) is 9.34. The highest BCUT2D eigenvalue weighted by atomic mass is 79.9. The van der Waals surface area contributed by atoms with Crippen LogP contribution in [-0.4, -0.2) is 22.6 Å². The van der Waals surface area contributed by atoms with Gasteiger partial charge in [-0.2, -0.15) is 0 Å². The Kier molecular flexibility index (Phi) is 6.62. The number of carbonyl (C=O) groups is 1. The lowest BCUT2D eigenvalue weighted by atomic mass is 10.0. The molecule has 0 atom stereocenters. The van der Waals surface area contributed by atoms with Crippen LogP contribution in [-0.2, 0) is 17.9 Å². The number of benzene rings is 2. The molecular formula is C21H19BrN2O4. The third-order valence-corrected chi connectivity index (χ3v) is 4.84. The van der Waals surface area contributed by atoms with Crippen molar-refractivity contribution in [1.29, 1.82) is 0 Å². The van der Waals surface area contributed by atoms with Crippen LogP contribution in [0.3, 0.4) is 0 Å². The molecule has 1 amide bonds. The van der Waals surface area contributed by atoms with Crippen molar-refractivity contribution in [1.82, 2.24) is 10.3 Å². The number of amides is 1. The molecule has 3 aromatic rings. The number of rotatable bonds is 7. The summed E-state index contributed by atoms with van der Waals surface area (Å²) in [5, 5.41) is 11.4. The van der Waals surface area contributed by atoms with E-state index in [1.165, 1.54) is 0 Å². The summed E-state index contributed by atoms with van der Waals surface area (Å²) >= 11 is 3.33. The first kappa shape index (κ1) is 19.9. The molecule has 0 saturated carbocycles. The number of hydrogen-bond donors (Lipinski definition) is 3. The van der Waals surface area contributed by atoms with Crippen LogP contribution >= 0.6 is 15.9 Å². The molecule has 3 N–H and O–H groups in total. The molecule has 1 aromatic heterocycles. The Bertz CT molecular complexity index is 1000. The minimum atomic E-state index is -0.536. The maximum absolute atomic E-state index is 12.0. The number of aromatic amines is 1. The van der Waals surface area contributed by atoms with Crippen molar-refractivity contribution in [2.45, 2.75) is 13.2 Å². The van der Waals surface area contributed by atoms with Gasteiger partial charge in [-0.25, -0.2) is 0 Å². The molecule has 0 aliphatic rings. The fourth-order valence-electron chi connectivity index (χ4n) is 2.63. The minimum absolute atomic E-state index is 0.268. The normalized spacial score (nSPS) is 10.5. The molecule has 28 heavy (non-hydrogen) atoms. The van der Waals surface area contributed by atoms with E-state index in [-0.39, 0.29) is 5.56 Å². The first-order valence-corrected chi connectivity index (χ1v) is 9.42. The van der Waals surface area contributed by atoms with Crippen LogP contribution in [0.25, 0.3) is 11.1 Å². The fourth-order valence-corrected chi connectivity index (χ4v) is 3.07. The van der Waals surface area contributed by atoms with Gasteiger partial charge in [0.1, 0.15) is 23.4 Å². The minimum Gasteiger partial charge on any atom is -0.487 e. The molecule has 7 heteroatoms. The van der Waals surface area contributed by atoms with E-state index in [1.54, 1.807) is 6.20 Å². The van der Waals surface area contributed by atoms with Crippen LogP contribution in [0.1, 0.15) is 11.1 Å². The van der Waals surface area contributed by atoms with Gasteiger partial charge in [0, 0.05) is 18.3 Å². The summed E-state index contributed by atoms with van der Waals surface area (Å²) in [4.78, 5) is 25.9. The molecule has 0 saturated heterocycles. The molecule has 0 unspecified atom stereocenters. The lowest BCUT2D eigenvalue weighted by Gasteiger charge is -2.14. The number of hydrogen-bond acceptors (Lipinski definition) is 4. The van der Waals surface area contributed by atoms with Crippen LogP contribution in [0, 0.1) is 0 Å². The molecule has 0 bridgehead atoms. The Morgan fingerprint density at radius 3 is 2.46 bits per heavy atom. The largest absolute Gasteiger partial charge is 0.487 e. The van der Waals surface area contributed by atoms with Gasteiger partial charge in [-0.15, -0.1) is 0 Å². The second-order valence-corrected chi connectivity index (χ2v) is 6.87. The summed E-state index contributed by atoms with van der Waals surface area (Å²) in [6.07, 6.45) is 1.62. The maximum Gasteiger partial charge on any atom is 0.266 e. The Labute approximate surface area is 170 Å². The van der Waals surface area contributed by atoms with E-state index in [4.69, 9.17) is 9.84 Å². The number of aliphatic hydroxyl groups excluding tert-OH is 1. The zero-order chi connectivity index (χ0) is 19.9. The van der Waals surface area contributed by atoms with Crippen molar-refractivity contribution in [3.05, 3.63) is 86.7 Å². The van der Waals surface area contributed by atoms with Crippen molar-refractivity contribution in [3.8, 4) is 16.9 Å². The quantitative estimate of drug-likeness (QED) is 0.524. The Morgan fingerprint density at radius 1 is 1.07 bits per heavy atom. The number of H-pyrrole nitrogens is 1. The molecule has 2 aromatic carbocycles. The van der Waals surface area contributed by atoms with Crippen molar-refractivity contribution in [2.24, 2.45) is 0 Å². The molecule has 0 spiro atoms. The number of halogens is 1. The highest BCUT2D eigenvalue weighted by Crippen LogP contribution is 2.34. The zero-order valence-corrected chi connectivity index (χ0v) is 16.5. The Hall–Kier alpha value is -2.90. The second-order valence-electron chi connectivity index (χ2n) is 6.08. The highest BCUT2D eigenvalue weighted by Gasteiger charge is 2.14. The summed E-state index contributed by atoms with van der Waals surface area (Å²) < 4.78 is 6.29. The zero-order valence-electron chi connectivity index (χ0n) is 14.9. The lowest BCUT2D eigenvalue weighted by molar-refractivity contribution is -0.123. The first-order chi connectivity index (χ1) is 13.6. The monoisotopic (exact) mass is 442 g/mol. The number of carbonyl (C=O) groups excluding carboxylic acids is 1. The van der Waals surface area contributed by atoms with Gasteiger partial charge >= 0.3 is 0 Å². The van der Waals surface area contributed by atoms with Gasteiger partial charge < -0.3 is 20.1 Å². The molecule has 3 rings (SSSR count). The summed E-state index contributed by atoms with van der Waals surface area (Å²) in [7, 11) is 0. The van der Waals surface area contributed by atoms with Gasteiger partial charge in [-0.05, 0) is 32.6 Å². The van der Waals surface area contributed by atoms with E-state index in [1.807, 2.05) is 54.6 Å². The summed E-state index contributed by atoms with van der Waals surface area (Å²) in [6.45, 7) is 0.124. The molecule has 0 fully saturated rings. The van der Waals surface area contributed by atoms with Gasteiger partial charge in [0.05, 0.1) is 0 Å². The average molecular weight is 443 g/mol. The predicted molar refractivity (Wildman–Crippen MR) is 110 cm³/mol. The number of pyridine rings is 1. The topological polar surface area (TPSA) is 91.4 Å². The van der Waals surface area contributed by atoms with E-state index >= 15 is 0 Å².